The highest BCUT2D eigenvalue weighted by Gasteiger charge is 2.41. The van der Waals surface area contributed by atoms with Gasteiger partial charge in [-0.25, -0.2) is 8.42 Å². The molecule has 0 radical (unpaired) electrons. The van der Waals surface area contributed by atoms with Gasteiger partial charge in [0.1, 0.15) is 0 Å². The largest absolute Gasteiger partial charge is 0.417 e. The summed E-state index contributed by atoms with van der Waals surface area (Å²) in [6, 6.07) is 2.37. The summed E-state index contributed by atoms with van der Waals surface area (Å²) in [5.41, 5.74) is 4.27. The maximum atomic E-state index is 13.2. The van der Waals surface area contributed by atoms with Crippen LogP contribution in [0.4, 0.5) is 13.2 Å². The lowest BCUT2D eigenvalue weighted by molar-refractivity contribution is -0.139. The van der Waals surface area contributed by atoms with E-state index in [1.807, 2.05) is 0 Å². The first-order chi connectivity index (χ1) is 10.7. The van der Waals surface area contributed by atoms with Crippen LogP contribution in [0, 0.1) is 0 Å². The summed E-state index contributed by atoms with van der Waals surface area (Å²) in [5.74, 6) is 0. The summed E-state index contributed by atoms with van der Waals surface area (Å²) in [4.78, 5) is -0.752. The second kappa shape index (κ2) is 8.23. The summed E-state index contributed by atoms with van der Waals surface area (Å²) in [6.45, 7) is 0.482. The van der Waals surface area contributed by atoms with Crippen molar-refractivity contribution in [2.24, 2.45) is 5.73 Å². The molecule has 0 spiro atoms. The molecule has 4 nitrogen and oxygen atoms in total. The molecule has 1 atom stereocenters. The molecule has 1 aliphatic rings. The van der Waals surface area contributed by atoms with Crippen molar-refractivity contribution < 1.29 is 21.6 Å². The summed E-state index contributed by atoms with van der Waals surface area (Å²) in [6.07, 6.45) is -2.31. The molecule has 10 heteroatoms. The van der Waals surface area contributed by atoms with Crippen molar-refractivity contribution in [3.8, 4) is 0 Å². The average molecular weight is 407 g/mol. The van der Waals surface area contributed by atoms with Crippen LogP contribution >= 0.6 is 24.0 Å². The minimum Gasteiger partial charge on any atom is -0.330 e. The lowest BCUT2D eigenvalue weighted by Crippen LogP contribution is -2.45. The lowest BCUT2D eigenvalue weighted by atomic mass is 10.0. The molecule has 0 aliphatic carbocycles. The molecule has 2 N–H and O–H groups in total. The summed E-state index contributed by atoms with van der Waals surface area (Å²) >= 11 is 5.61. The number of nitrogens with zero attached hydrogens (tertiary/aromatic N) is 1. The molecule has 0 bridgehead atoms. The summed E-state index contributed by atoms with van der Waals surface area (Å²) in [5, 5.41) is -0.159. The zero-order valence-corrected chi connectivity index (χ0v) is 15.1. The fourth-order valence-corrected chi connectivity index (χ4v) is 4.94. The minimum absolute atomic E-state index is 0. The van der Waals surface area contributed by atoms with Crippen molar-refractivity contribution in [2.45, 2.75) is 42.8 Å². The van der Waals surface area contributed by atoms with Gasteiger partial charge in [0.05, 0.1) is 10.5 Å². The Bertz CT molecular complexity index is 666. The molecule has 1 unspecified atom stereocenters. The van der Waals surface area contributed by atoms with Gasteiger partial charge in [-0.15, -0.1) is 12.4 Å². The number of hydrogen-bond donors (Lipinski definition) is 1. The molecule has 1 aromatic rings. The van der Waals surface area contributed by atoms with Gasteiger partial charge in [-0.3, -0.25) is 0 Å². The predicted octanol–water partition coefficient (Wildman–Crippen LogP) is 3.67. The highest BCUT2D eigenvalue weighted by molar-refractivity contribution is 7.89. The number of benzene rings is 1. The Morgan fingerprint density at radius 1 is 1.29 bits per heavy atom. The van der Waals surface area contributed by atoms with Crippen molar-refractivity contribution in [3.63, 3.8) is 0 Å². The first-order valence-corrected chi connectivity index (χ1v) is 9.08. The number of piperidine rings is 1. The maximum absolute atomic E-state index is 13.2. The fraction of sp³-hybridized carbons (Fsp3) is 0.571. The fourth-order valence-electron chi connectivity index (χ4n) is 2.85. The van der Waals surface area contributed by atoms with Gasteiger partial charge in [0, 0.05) is 17.6 Å². The third kappa shape index (κ3) is 4.54. The van der Waals surface area contributed by atoms with Crippen LogP contribution in [0.15, 0.2) is 23.1 Å². The van der Waals surface area contributed by atoms with Gasteiger partial charge in [0.2, 0.25) is 10.0 Å². The molecule has 0 aromatic heterocycles. The molecular weight excluding hydrogens is 388 g/mol. The van der Waals surface area contributed by atoms with Crippen LogP contribution < -0.4 is 5.73 Å². The van der Waals surface area contributed by atoms with E-state index in [0.717, 1.165) is 22.9 Å². The van der Waals surface area contributed by atoms with E-state index < -0.39 is 26.7 Å². The Kier molecular flexibility index (Phi) is 7.37. The first-order valence-electron chi connectivity index (χ1n) is 7.26. The number of hydrogen-bond acceptors (Lipinski definition) is 3. The van der Waals surface area contributed by atoms with Crippen molar-refractivity contribution in [2.75, 3.05) is 13.1 Å². The van der Waals surface area contributed by atoms with E-state index in [2.05, 4.69) is 0 Å². The quantitative estimate of drug-likeness (QED) is 0.829. The van der Waals surface area contributed by atoms with Crippen LogP contribution in [0.5, 0.6) is 0 Å². The van der Waals surface area contributed by atoms with E-state index in [1.54, 1.807) is 0 Å². The van der Waals surface area contributed by atoms with Crippen LogP contribution in [-0.2, 0) is 16.2 Å². The van der Waals surface area contributed by atoms with E-state index in [0.29, 0.717) is 25.3 Å². The molecule has 1 fully saturated rings. The topological polar surface area (TPSA) is 63.4 Å². The van der Waals surface area contributed by atoms with Gasteiger partial charge in [-0.05, 0) is 44.0 Å². The number of rotatable bonds is 4. The van der Waals surface area contributed by atoms with Gasteiger partial charge >= 0.3 is 6.18 Å². The molecule has 24 heavy (non-hydrogen) atoms. The molecule has 1 aromatic carbocycles. The molecule has 2 rings (SSSR count). The van der Waals surface area contributed by atoms with Crippen LogP contribution in [0.25, 0.3) is 0 Å². The molecular formula is C14H19Cl2F3N2O2S. The van der Waals surface area contributed by atoms with E-state index in [4.69, 9.17) is 17.3 Å². The normalized spacial score (nSPS) is 19.8. The van der Waals surface area contributed by atoms with Crippen LogP contribution in [0.3, 0.4) is 0 Å². The second-order valence-corrected chi connectivity index (χ2v) is 7.78. The van der Waals surface area contributed by atoms with E-state index in [-0.39, 0.29) is 36.6 Å². The standard InChI is InChI=1S/C14H18ClF3N2O2S.ClH/c15-10-4-5-13(12(9-10)14(16,17)18)23(21,22)20-8-2-1-3-11(20)6-7-19;/h4-5,9,11H,1-3,6-8,19H2;1H. The lowest BCUT2D eigenvalue weighted by Gasteiger charge is -2.35. The van der Waals surface area contributed by atoms with E-state index in [9.17, 15) is 21.6 Å². The van der Waals surface area contributed by atoms with Crippen LogP contribution in [0.1, 0.15) is 31.2 Å². The third-order valence-electron chi connectivity index (χ3n) is 3.91. The zero-order chi connectivity index (χ0) is 17.3. The SMILES string of the molecule is Cl.NCCC1CCCCN1S(=O)(=O)c1ccc(Cl)cc1C(F)(F)F. The minimum atomic E-state index is -4.80. The van der Waals surface area contributed by atoms with Gasteiger partial charge < -0.3 is 5.73 Å². The van der Waals surface area contributed by atoms with Gasteiger partial charge in [-0.1, -0.05) is 18.0 Å². The predicted molar refractivity (Wildman–Crippen MR) is 88.9 cm³/mol. The molecule has 0 saturated carbocycles. The second-order valence-electron chi connectivity index (χ2n) is 5.48. The summed E-state index contributed by atoms with van der Waals surface area (Å²) < 4.78 is 66.4. The van der Waals surface area contributed by atoms with Gasteiger partial charge in [0.25, 0.3) is 0 Å². The Morgan fingerprint density at radius 2 is 1.96 bits per heavy atom. The number of alkyl halides is 3. The van der Waals surface area contributed by atoms with Crippen molar-refractivity contribution in [3.05, 3.63) is 28.8 Å². The highest BCUT2D eigenvalue weighted by atomic mass is 35.5. The molecule has 1 saturated heterocycles. The Hall–Kier alpha value is -0.540. The van der Waals surface area contributed by atoms with Gasteiger partial charge in [-0.2, -0.15) is 17.5 Å². The molecule has 1 aliphatic heterocycles. The van der Waals surface area contributed by atoms with Crippen LogP contribution in [-0.4, -0.2) is 31.9 Å². The monoisotopic (exact) mass is 406 g/mol. The molecule has 1 heterocycles. The number of sulfonamides is 1. The van der Waals surface area contributed by atoms with Crippen molar-refractivity contribution in [1.29, 1.82) is 0 Å². The first kappa shape index (κ1) is 21.5. The molecule has 0 amide bonds. The number of halogens is 5. The summed E-state index contributed by atoms with van der Waals surface area (Å²) in [7, 11) is -4.26. The molecule has 138 valence electrons. The highest BCUT2D eigenvalue weighted by Crippen LogP contribution is 2.38. The third-order valence-corrected chi connectivity index (χ3v) is 6.15. The zero-order valence-electron chi connectivity index (χ0n) is 12.7. The number of nitrogens with two attached hydrogens (primary N) is 1. The average Bonchev–Trinajstić information content (AvgIpc) is 2.47. The smallest absolute Gasteiger partial charge is 0.330 e. The Balaban J connectivity index is 0.00000288. The van der Waals surface area contributed by atoms with Gasteiger partial charge in [0.15, 0.2) is 0 Å². The Morgan fingerprint density at radius 3 is 2.54 bits per heavy atom. The van der Waals surface area contributed by atoms with Crippen LogP contribution in [0.2, 0.25) is 5.02 Å². The Labute approximate surface area is 150 Å². The van der Waals surface area contributed by atoms with E-state index in [1.165, 1.54) is 0 Å². The van der Waals surface area contributed by atoms with Crippen molar-refractivity contribution in [1.82, 2.24) is 4.31 Å². The maximum Gasteiger partial charge on any atom is 0.417 e. The van der Waals surface area contributed by atoms with Crippen molar-refractivity contribution >= 4 is 34.0 Å². The van der Waals surface area contributed by atoms with E-state index >= 15 is 0 Å².